The molecule has 1 rings (SSSR count). The fraction of sp³-hybridized carbons (Fsp3) is 0.900. The van der Waals surface area contributed by atoms with E-state index in [0.29, 0.717) is 19.4 Å². The highest BCUT2D eigenvalue weighted by atomic mass is 16.7. The molecule has 0 amide bonds. The number of aliphatic hydroxyl groups is 3. The minimum Gasteiger partial charge on any atom is -0.480 e. The lowest BCUT2D eigenvalue weighted by molar-refractivity contribution is -0.211. The number of aliphatic hydroxyl groups excluding tert-OH is 2. The molecule has 0 saturated carbocycles. The van der Waals surface area contributed by atoms with Crippen molar-refractivity contribution in [1.82, 2.24) is 5.32 Å². The monoisotopic (exact) mass is 264 g/mol. The zero-order valence-electron chi connectivity index (χ0n) is 9.95. The van der Waals surface area contributed by atoms with Gasteiger partial charge in [-0.15, -0.1) is 0 Å². The molecule has 0 bridgehead atoms. The summed E-state index contributed by atoms with van der Waals surface area (Å²) in [5, 5.41) is 39.9. The van der Waals surface area contributed by atoms with Gasteiger partial charge in [0.15, 0.2) is 0 Å². The lowest BCUT2D eigenvalue weighted by atomic mass is 10.1. The average Bonchev–Trinajstić information content (AvgIpc) is 2.57. The Morgan fingerprint density at radius 2 is 2.22 bits per heavy atom. The Hall–Kier alpha value is -0.770. The summed E-state index contributed by atoms with van der Waals surface area (Å²) in [5.74, 6) is -2.85. The second kappa shape index (κ2) is 6.41. The van der Waals surface area contributed by atoms with Gasteiger partial charge < -0.3 is 36.2 Å². The Morgan fingerprint density at radius 1 is 1.56 bits per heavy atom. The molecule has 1 unspecified atom stereocenters. The number of carbonyl (C=O) groups is 1. The molecule has 0 aromatic heterocycles. The molecule has 1 heterocycles. The fourth-order valence-corrected chi connectivity index (χ4v) is 1.70. The lowest BCUT2D eigenvalue weighted by Gasteiger charge is -2.26. The van der Waals surface area contributed by atoms with E-state index in [-0.39, 0.29) is 13.2 Å². The molecule has 1 fully saturated rings. The van der Waals surface area contributed by atoms with Gasteiger partial charge in [0.2, 0.25) is 5.79 Å². The number of rotatable bonds is 7. The van der Waals surface area contributed by atoms with E-state index < -0.39 is 30.0 Å². The average molecular weight is 264 g/mol. The summed E-state index contributed by atoms with van der Waals surface area (Å²) in [4.78, 5) is 10.4. The zero-order chi connectivity index (χ0) is 13.8. The van der Waals surface area contributed by atoms with Crippen LogP contribution in [0.1, 0.15) is 12.8 Å². The molecule has 1 aliphatic rings. The van der Waals surface area contributed by atoms with Crippen LogP contribution in [0.3, 0.4) is 0 Å². The molecule has 106 valence electrons. The smallest absolute Gasteiger partial charge is 0.320 e. The second-order valence-corrected chi connectivity index (χ2v) is 4.43. The highest BCUT2D eigenvalue weighted by Gasteiger charge is 2.47. The number of hydrogen-bond acceptors (Lipinski definition) is 7. The maximum Gasteiger partial charge on any atom is 0.320 e. The minimum atomic E-state index is -1.80. The summed E-state index contributed by atoms with van der Waals surface area (Å²) in [5.41, 5.74) is 5.31. The summed E-state index contributed by atoms with van der Waals surface area (Å²) < 4.78 is 4.91. The largest absolute Gasteiger partial charge is 0.480 e. The molecule has 0 aliphatic carbocycles. The quantitative estimate of drug-likeness (QED) is 0.271. The van der Waals surface area contributed by atoms with Crippen LogP contribution in [0.2, 0.25) is 0 Å². The van der Waals surface area contributed by atoms with Gasteiger partial charge in [-0.25, -0.2) is 0 Å². The number of nitrogens with two attached hydrogens (primary N) is 1. The number of ether oxygens (including phenoxy) is 1. The van der Waals surface area contributed by atoms with E-state index in [1.165, 1.54) is 0 Å². The third-order valence-corrected chi connectivity index (χ3v) is 2.89. The van der Waals surface area contributed by atoms with Crippen LogP contribution < -0.4 is 11.1 Å². The molecule has 8 nitrogen and oxygen atoms in total. The van der Waals surface area contributed by atoms with Gasteiger partial charge in [-0.3, -0.25) is 4.79 Å². The Labute approximate surface area is 104 Å². The van der Waals surface area contributed by atoms with Crippen LogP contribution in [0.5, 0.6) is 0 Å². The van der Waals surface area contributed by atoms with Gasteiger partial charge in [-0.05, 0) is 19.4 Å². The van der Waals surface area contributed by atoms with Gasteiger partial charge in [0.05, 0.1) is 13.2 Å². The van der Waals surface area contributed by atoms with Crippen molar-refractivity contribution in [1.29, 1.82) is 0 Å². The van der Waals surface area contributed by atoms with Crippen molar-refractivity contribution in [3.8, 4) is 0 Å². The molecular weight excluding hydrogens is 244 g/mol. The van der Waals surface area contributed by atoms with Gasteiger partial charge in [-0.1, -0.05) is 0 Å². The van der Waals surface area contributed by atoms with Crippen LogP contribution >= 0.6 is 0 Å². The van der Waals surface area contributed by atoms with Gasteiger partial charge in [-0.2, -0.15) is 0 Å². The molecule has 7 N–H and O–H groups in total. The predicted octanol–water partition coefficient (Wildman–Crippen LogP) is -2.79. The summed E-state index contributed by atoms with van der Waals surface area (Å²) in [7, 11) is 0. The van der Waals surface area contributed by atoms with E-state index in [0.717, 1.165) is 0 Å². The van der Waals surface area contributed by atoms with E-state index in [2.05, 4.69) is 5.32 Å². The number of carboxylic acid groups (broad SMARTS) is 1. The molecule has 0 radical (unpaired) electrons. The third-order valence-electron chi connectivity index (χ3n) is 2.89. The first kappa shape index (κ1) is 15.3. The summed E-state index contributed by atoms with van der Waals surface area (Å²) >= 11 is 0. The molecular formula is C10H20N2O6. The maximum atomic E-state index is 10.4. The first-order valence-corrected chi connectivity index (χ1v) is 5.78. The highest BCUT2D eigenvalue weighted by Crippen LogP contribution is 2.22. The fourth-order valence-electron chi connectivity index (χ4n) is 1.70. The molecule has 18 heavy (non-hydrogen) atoms. The minimum absolute atomic E-state index is 0.0481. The Kier molecular flexibility index (Phi) is 5.45. The number of nitrogens with one attached hydrogen (secondary N) is 1. The lowest BCUT2D eigenvalue weighted by Crippen LogP contribution is -2.50. The molecule has 1 saturated heterocycles. The van der Waals surface area contributed by atoms with Crippen molar-refractivity contribution in [2.24, 2.45) is 5.73 Å². The molecule has 4 atom stereocenters. The topological polar surface area (TPSA) is 145 Å². The van der Waals surface area contributed by atoms with Crippen molar-refractivity contribution >= 4 is 5.97 Å². The van der Waals surface area contributed by atoms with Gasteiger partial charge >= 0.3 is 5.97 Å². The molecule has 1 aliphatic heterocycles. The third kappa shape index (κ3) is 3.87. The molecule has 0 aromatic rings. The van der Waals surface area contributed by atoms with Crippen LogP contribution in [0.4, 0.5) is 0 Å². The molecule has 0 aromatic carbocycles. The second-order valence-electron chi connectivity index (χ2n) is 4.43. The Balaban J connectivity index is 2.17. The Morgan fingerprint density at radius 3 is 2.72 bits per heavy atom. The van der Waals surface area contributed by atoms with Gasteiger partial charge in [0.25, 0.3) is 0 Å². The van der Waals surface area contributed by atoms with Crippen LogP contribution in [-0.2, 0) is 9.53 Å². The van der Waals surface area contributed by atoms with Crippen molar-refractivity contribution in [3.63, 3.8) is 0 Å². The van der Waals surface area contributed by atoms with Crippen LogP contribution in [0.15, 0.2) is 0 Å². The SMILES string of the molecule is N[C@@H](CCCNCC1(O)OC[C@@H](O)[C@H]1O)C(=O)O. The van der Waals surface area contributed by atoms with E-state index >= 15 is 0 Å². The summed E-state index contributed by atoms with van der Waals surface area (Å²) in [6, 6.07) is -0.898. The normalized spacial score (nSPS) is 33.6. The van der Waals surface area contributed by atoms with E-state index in [4.69, 9.17) is 15.6 Å². The number of carboxylic acids is 1. The van der Waals surface area contributed by atoms with E-state index in [1.54, 1.807) is 0 Å². The summed E-state index contributed by atoms with van der Waals surface area (Å²) in [6.07, 6.45) is -1.63. The van der Waals surface area contributed by atoms with Crippen molar-refractivity contribution in [3.05, 3.63) is 0 Å². The van der Waals surface area contributed by atoms with E-state index in [9.17, 15) is 20.1 Å². The molecule has 0 spiro atoms. The standard InChI is InChI=1S/C10H20N2O6/c11-6(9(15)16)2-1-3-12-5-10(17)8(14)7(13)4-18-10/h6-8,12-14,17H,1-5,11H2,(H,15,16)/t6-,7+,8+,10?/m0/s1. The van der Waals surface area contributed by atoms with E-state index in [1.807, 2.05) is 0 Å². The summed E-state index contributed by atoms with van der Waals surface area (Å²) in [6.45, 7) is 0.256. The van der Waals surface area contributed by atoms with Crippen molar-refractivity contribution in [2.75, 3.05) is 19.7 Å². The first-order chi connectivity index (χ1) is 8.37. The number of aliphatic carboxylic acids is 1. The highest BCUT2D eigenvalue weighted by molar-refractivity contribution is 5.72. The van der Waals surface area contributed by atoms with Gasteiger partial charge in [0.1, 0.15) is 18.2 Å². The van der Waals surface area contributed by atoms with Crippen LogP contribution in [0.25, 0.3) is 0 Å². The molecule has 8 heteroatoms. The Bertz CT molecular complexity index is 290. The van der Waals surface area contributed by atoms with Crippen LogP contribution in [-0.4, -0.2) is 70.1 Å². The number of hydrogen-bond donors (Lipinski definition) is 6. The van der Waals surface area contributed by atoms with Crippen molar-refractivity contribution < 1.29 is 30.0 Å². The maximum absolute atomic E-state index is 10.4. The predicted molar refractivity (Wildman–Crippen MR) is 60.6 cm³/mol. The van der Waals surface area contributed by atoms with Crippen molar-refractivity contribution in [2.45, 2.75) is 36.9 Å². The van der Waals surface area contributed by atoms with Crippen LogP contribution in [0, 0.1) is 0 Å². The first-order valence-electron chi connectivity index (χ1n) is 5.78. The van der Waals surface area contributed by atoms with Gasteiger partial charge in [0, 0.05) is 0 Å². The zero-order valence-corrected chi connectivity index (χ0v) is 9.95.